The van der Waals surface area contributed by atoms with E-state index in [-0.39, 0.29) is 19.1 Å². The third kappa shape index (κ3) is 8.72. The fourth-order valence-electron chi connectivity index (χ4n) is 6.91. The topological polar surface area (TPSA) is 47.9 Å². The van der Waals surface area contributed by atoms with E-state index >= 15 is 0 Å². The zero-order valence-corrected chi connectivity index (χ0v) is 26.1. The average Bonchev–Trinajstić information content (AvgIpc) is 3.27. The number of aliphatic hydroxyl groups is 1. The monoisotopic (exact) mass is 560 g/mol. The minimum absolute atomic E-state index is 0.0198. The first kappa shape index (κ1) is 32.3. The van der Waals surface area contributed by atoms with E-state index in [0.29, 0.717) is 20.5 Å². The highest BCUT2D eigenvalue weighted by molar-refractivity contribution is 6.61. The summed E-state index contributed by atoms with van der Waals surface area (Å²) in [6, 6.07) is 14.1. The number of rotatable bonds is 20. The maximum absolute atomic E-state index is 9.18. The van der Waals surface area contributed by atoms with Crippen LogP contribution in [0, 0.1) is 0 Å². The Kier molecular flexibility index (Phi) is 13.8. The van der Waals surface area contributed by atoms with Crippen LogP contribution in [0.2, 0.25) is 0 Å². The van der Waals surface area contributed by atoms with Gasteiger partial charge >= 0.3 is 14.6 Å². The largest absolute Gasteiger partial charge is 0.493 e. The van der Waals surface area contributed by atoms with Crippen LogP contribution in [0.5, 0.6) is 0 Å². The van der Waals surface area contributed by atoms with Gasteiger partial charge in [-0.2, -0.15) is 0 Å². The van der Waals surface area contributed by atoms with Gasteiger partial charge in [0.25, 0.3) is 0 Å². The van der Waals surface area contributed by atoms with E-state index in [2.05, 4.69) is 50.2 Å². The first-order valence-corrected chi connectivity index (χ1v) is 16.9. The summed E-state index contributed by atoms with van der Waals surface area (Å²) < 4.78 is 18.1. The van der Waals surface area contributed by atoms with Gasteiger partial charge in [-0.05, 0) is 53.4 Å². The molecule has 6 heteroatoms. The second kappa shape index (κ2) is 17.5. The Morgan fingerprint density at radius 1 is 0.756 bits per heavy atom. The van der Waals surface area contributed by atoms with E-state index in [1.54, 1.807) is 0 Å². The SMILES string of the molecule is CCCCCCCCC1(CCCCCCCC)c2cc(BOCCCO)ccc2-c2ccc(B3OCCCO3)cc21. The fourth-order valence-corrected chi connectivity index (χ4v) is 6.91. The van der Waals surface area contributed by atoms with Crippen LogP contribution < -0.4 is 10.9 Å². The van der Waals surface area contributed by atoms with Gasteiger partial charge in [-0.3, -0.25) is 0 Å². The van der Waals surface area contributed by atoms with Crippen LogP contribution in [0.25, 0.3) is 11.1 Å². The number of hydrogen-bond acceptors (Lipinski definition) is 4. The average molecular weight is 560 g/mol. The van der Waals surface area contributed by atoms with E-state index in [9.17, 15) is 5.11 Å². The lowest BCUT2D eigenvalue weighted by Crippen LogP contribution is -2.41. The van der Waals surface area contributed by atoms with Crippen LogP contribution in [-0.4, -0.2) is 46.1 Å². The van der Waals surface area contributed by atoms with Crippen molar-refractivity contribution in [2.75, 3.05) is 26.4 Å². The molecule has 1 N–H and O–H groups in total. The molecule has 41 heavy (non-hydrogen) atoms. The van der Waals surface area contributed by atoms with Gasteiger partial charge < -0.3 is 19.1 Å². The second-order valence-corrected chi connectivity index (χ2v) is 12.4. The van der Waals surface area contributed by atoms with Gasteiger partial charge in [0.2, 0.25) is 0 Å². The molecule has 2 aromatic rings. The summed E-state index contributed by atoms with van der Waals surface area (Å²) in [5.41, 5.74) is 8.20. The van der Waals surface area contributed by atoms with E-state index in [4.69, 9.17) is 14.0 Å². The smallest absolute Gasteiger partial charge is 0.434 e. The van der Waals surface area contributed by atoms with E-state index in [1.165, 1.54) is 123 Å². The van der Waals surface area contributed by atoms with Gasteiger partial charge in [-0.15, -0.1) is 0 Å². The number of benzene rings is 2. The van der Waals surface area contributed by atoms with E-state index < -0.39 is 0 Å². The highest BCUT2D eigenvalue weighted by atomic mass is 16.6. The van der Waals surface area contributed by atoms with Gasteiger partial charge in [0.05, 0.1) is 0 Å². The minimum Gasteiger partial charge on any atom is -0.434 e. The first-order valence-electron chi connectivity index (χ1n) is 16.9. The Bertz CT molecular complexity index is 1020. The third-order valence-corrected chi connectivity index (χ3v) is 9.18. The molecule has 0 bridgehead atoms. The van der Waals surface area contributed by atoms with Crippen molar-refractivity contribution < 1.29 is 19.1 Å². The summed E-state index contributed by atoms with van der Waals surface area (Å²) in [7, 11) is 0.344. The van der Waals surface area contributed by atoms with Crippen LogP contribution in [0.15, 0.2) is 36.4 Å². The summed E-state index contributed by atoms with van der Waals surface area (Å²) in [6.45, 7) is 6.90. The molecule has 2 aromatic carbocycles. The molecule has 0 aromatic heterocycles. The van der Waals surface area contributed by atoms with Crippen LogP contribution in [0.1, 0.15) is 128 Å². The lowest BCUT2D eigenvalue weighted by molar-refractivity contribution is 0.143. The Balaban J connectivity index is 1.66. The van der Waals surface area contributed by atoms with Crippen molar-refractivity contribution in [3.05, 3.63) is 47.5 Å². The van der Waals surface area contributed by atoms with Crippen molar-refractivity contribution in [3.63, 3.8) is 0 Å². The molecule has 0 atom stereocenters. The van der Waals surface area contributed by atoms with Crippen LogP contribution in [-0.2, 0) is 19.4 Å². The molecule has 0 saturated carbocycles. The van der Waals surface area contributed by atoms with Crippen molar-refractivity contribution in [2.24, 2.45) is 0 Å². The molecule has 1 aliphatic heterocycles. The van der Waals surface area contributed by atoms with Crippen LogP contribution >= 0.6 is 0 Å². The van der Waals surface area contributed by atoms with Gasteiger partial charge in [-0.25, -0.2) is 0 Å². The molecule has 1 saturated heterocycles. The van der Waals surface area contributed by atoms with Crippen molar-refractivity contribution in [1.82, 2.24) is 0 Å². The lowest BCUT2D eigenvalue weighted by Gasteiger charge is -2.34. The Morgan fingerprint density at radius 3 is 1.98 bits per heavy atom. The van der Waals surface area contributed by atoms with Gasteiger partial charge in [0.1, 0.15) is 0 Å². The third-order valence-electron chi connectivity index (χ3n) is 9.18. The number of hydrogen-bond donors (Lipinski definition) is 1. The number of unbranched alkanes of at least 4 members (excludes halogenated alkanes) is 10. The Morgan fingerprint density at radius 2 is 1.34 bits per heavy atom. The number of fused-ring (bicyclic) bond motifs is 3. The van der Waals surface area contributed by atoms with Gasteiger partial charge in [-0.1, -0.05) is 133 Å². The molecule has 1 fully saturated rings. The maximum atomic E-state index is 9.18. The zero-order chi connectivity index (χ0) is 28.8. The number of aliphatic hydroxyl groups excluding tert-OH is 1. The van der Waals surface area contributed by atoms with Crippen molar-refractivity contribution in [1.29, 1.82) is 0 Å². The summed E-state index contributed by atoms with van der Waals surface area (Å²) >= 11 is 0. The fraction of sp³-hybridized carbons (Fsp3) is 0.657. The lowest BCUT2D eigenvalue weighted by atomic mass is 9.67. The van der Waals surface area contributed by atoms with Crippen molar-refractivity contribution in [3.8, 4) is 11.1 Å². The molecule has 0 unspecified atom stereocenters. The summed E-state index contributed by atoms with van der Waals surface area (Å²) in [6.07, 6.45) is 19.8. The molecule has 0 amide bonds. The quantitative estimate of drug-likeness (QED) is 0.141. The van der Waals surface area contributed by atoms with Crippen molar-refractivity contribution >= 4 is 25.5 Å². The van der Waals surface area contributed by atoms with Gasteiger partial charge in [0.15, 0.2) is 0 Å². The normalized spacial score (nSPS) is 15.6. The summed E-state index contributed by atoms with van der Waals surface area (Å²) in [5.74, 6) is 0. The minimum atomic E-state index is -0.256. The molecule has 1 aliphatic carbocycles. The molecule has 2 aliphatic rings. The molecule has 0 radical (unpaired) electrons. The molecule has 4 nitrogen and oxygen atoms in total. The first-order chi connectivity index (χ1) is 20.2. The Labute approximate surface area is 251 Å². The second-order valence-electron chi connectivity index (χ2n) is 12.4. The Hall–Kier alpha value is -1.59. The van der Waals surface area contributed by atoms with Gasteiger partial charge in [0, 0.05) is 31.8 Å². The molecule has 1 heterocycles. The van der Waals surface area contributed by atoms with Crippen molar-refractivity contribution in [2.45, 2.75) is 122 Å². The van der Waals surface area contributed by atoms with E-state index in [0.717, 1.165) is 19.6 Å². The molecule has 0 spiro atoms. The molecular formula is C35H54B2O4. The van der Waals surface area contributed by atoms with Crippen LogP contribution in [0.3, 0.4) is 0 Å². The maximum Gasteiger partial charge on any atom is 0.493 e. The summed E-state index contributed by atoms with van der Waals surface area (Å²) in [4.78, 5) is 0. The standard InChI is InChI=1S/C35H54B2O4/c1-3-5-7-9-11-13-21-35(22-14-12-10-8-6-4-2)33-27-29(36-39-24-15-23-38)17-19-31(33)32-20-18-30(28-34(32)35)37-40-25-16-26-41-37/h17-20,27-28,36,38H,3-16,21-26H2,1-2H3. The molecule has 224 valence electrons. The predicted octanol–water partition coefficient (Wildman–Crippen LogP) is 6.96. The zero-order valence-electron chi connectivity index (χ0n) is 26.1. The highest BCUT2D eigenvalue weighted by Crippen LogP contribution is 2.53. The summed E-state index contributed by atoms with van der Waals surface area (Å²) in [5, 5.41) is 9.18. The molecular weight excluding hydrogens is 506 g/mol. The highest BCUT2D eigenvalue weighted by Gasteiger charge is 2.43. The van der Waals surface area contributed by atoms with E-state index in [1.807, 2.05) is 0 Å². The van der Waals surface area contributed by atoms with Crippen LogP contribution in [0.4, 0.5) is 0 Å². The molecule has 4 rings (SSSR count). The predicted molar refractivity (Wildman–Crippen MR) is 175 cm³/mol.